The number of carbonyl (C=O) groups is 1. The minimum atomic E-state index is -1.00. The summed E-state index contributed by atoms with van der Waals surface area (Å²) in [5.74, 6) is -1.00. The number of carbonyl (C=O) groups excluding carboxylic acids is 1. The van der Waals surface area contributed by atoms with Crippen molar-refractivity contribution in [3.63, 3.8) is 0 Å². The number of ether oxygens (including phenoxy) is 2. The van der Waals surface area contributed by atoms with Crippen LogP contribution in [0, 0.1) is 0 Å². The standard InChI is InChI=1S/C8H16O3/c1-4-5-6-8(7-9,10-2)11-3/h7H,4-6H2,1-3H3. The molecule has 0 radical (unpaired) electrons. The summed E-state index contributed by atoms with van der Waals surface area (Å²) in [7, 11) is 2.96. The summed E-state index contributed by atoms with van der Waals surface area (Å²) >= 11 is 0. The van der Waals surface area contributed by atoms with E-state index in [0.717, 1.165) is 12.8 Å². The van der Waals surface area contributed by atoms with Crippen LogP contribution in [0.4, 0.5) is 0 Å². The van der Waals surface area contributed by atoms with Gasteiger partial charge in [-0.3, -0.25) is 4.79 Å². The maximum absolute atomic E-state index is 10.5. The summed E-state index contributed by atoms with van der Waals surface area (Å²) in [6, 6.07) is 0. The maximum Gasteiger partial charge on any atom is 0.225 e. The van der Waals surface area contributed by atoms with Gasteiger partial charge in [-0.15, -0.1) is 0 Å². The Kier molecular flexibility index (Phi) is 5.07. The van der Waals surface area contributed by atoms with E-state index in [9.17, 15) is 4.79 Å². The lowest BCUT2D eigenvalue weighted by molar-refractivity contribution is -0.198. The molecule has 0 heterocycles. The normalized spacial score (nSPS) is 11.5. The second kappa shape index (κ2) is 5.27. The van der Waals surface area contributed by atoms with Crippen molar-refractivity contribution in [1.82, 2.24) is 0 Å². The third-order valence-electron chi connectivity index (χ3n) is 1.75. The minimum absolute atomic E-state index is 0.625. The van der Waals surface area contributed by atoms with E-state index in [-0.39, 0.29) is 0 Å². The lowest BCUT2D eigenvalue weighted by Crippen LogP contribution is -2.35. The molecule has 0 unspecified atom stereocenters. The first-order valence-electron chi connectivity index (χ1n) is 3.81. The number of hydrogen-bond acceptors (Lipinski definition) is 3. The van der Waals surface area contributed by atoms with E-state index in [1.165, 1.54) is 14.2 Å². The van der Waals surface area contributed by atoms with E-state index in [0.29, 0.717) is 12.7 Å². The molecule has 0 spiro atoms. The molecule has 11 heavy (non-hydrogen) atoms. The molecule has 0 aromatic rings. The fourth-order valence-corrected chi connectivity index (χ4v) is 0.866. The van der Waals surface area contributed by atoms with Crippen molar-refractivity contribution in [1.29, 1.82) is 0 Å². The first-order chi connectivity index (χ1) is 5.24. The Hall–Kier alpha value is -0.410. The van der Waals surface area contributed by atoms with Gasteiger partial charge in [0.25, 0.3) is 0 Å². The van der Waals surface area contributed by atoms with Crippen molar-refractivity contribution in [2.24, 2.45) is 0 Å². The molecule has 0 aromatic carbocycles. The van der Waals surface area contributed by atoms with Crippen LogP contribution in [-0.2, 0) is 14.3 Å². The SMILES string of the molecule is CCCCC(C=O)(OC)OC. The molecule has 0 N–H and O–H groups in total. The first kappa shape index (κ1) is 10.6. The third kappa shape index (κ3) is 2.99. The van der Waals surface area contributed by atoms with Crippen molar-refractivity contribution in [3.05, 3.63) is 0 Å². The van der Waals surface area contributed by atoms with Gasteiger partial charge in [-0.2, -0.15) is 0 Å². The van der Waals surface area contributed by atoms with E-state index >= 15 is 0 Å². The smallest absolute Gasteiger partial charge is 0.225 e. The van der Waals surface area contributed by atoms with Crippen LogP contribution >= 0.6 is 0 Å². The molecule has 0 amide bonds. The summed E-state index contributed by atoms with van der Waals surface area (Å²) in [6.07, 6.45) is 3.30. The van der Waals surface area contributed by atoms with E-state index in [1.54, 1.807) is 0 Å². The van der Waals surface area contributed by atoms with Gasteiger partial charge in [-0.25, -0.2) is 0 Å². The van der Waals surface area contributed by atoms with E-state index < -0.39 is 5.79 Å². The topological polar surface area (TPSA) is 35.5 Å². The number of aldehydes is 1. The van der Waals surface area contributed by atoms with Crippen LogP contribution in [0.3, 0.4) is 0 Å². The highest BCUT2D eigenvalue weighted by Gasteiger charge is 2.27. The Balaban J connectivity index is 3.94. The fourth-order valence-electron chi connectivity index (χ4n) is 0.866. The van der Waals surface area contributed by atoms with Crippen LogP contribution in [0.25, 0.3) is 0 Å². The van der Waals surface area contributed by atoms with Crippen molar-refractivity contribution < 1.29 is 14.3 Å². The molecular formula is C8H16O3. The van der Waals surface area contributed by atoms with Crippen molar-refractivity contribution in [2.45, 2.75) is 32.0 Å². The summed E-state index contributed by atoms with van der Waals surface area (Å²) in [5.41, 5.74) is 0. The monoisotopic (exact) mass is 160 g/mol. The van der Waals surface area contributed by atoms with Gasteiger partial charge in [0.05, 0.1) is 0 Å². The van der Waals surface area contributed by atoms with Crippen molar-refractivity contribution in [2.75, 3.05) is 14.2 Å². The van der Waals surface area contributed by atoms with Crippen LogP contribution in [0.15, 0.2) is 0 Å². The van der Waals surface area contributed by atoms with E-state index in [4.69, 9.17) is 9.47 Å². The zero-order valence-electron chi connectivity index (χ0n) is 7.42. The molecule has 0 aliphatic carbocycles. The second-order valence-electron chi connectivity index (χ2n) is 2.44. The van der Waals surface area contributed by atoms with Crippen LogP contribution in [0.5, 0.6) is 0 Å². The predicted molar refractivity (Wildman–Crippen MR) is 42.3 cm³/mol. The van der Waals surface area contributed by atoms with Gasteiger partial charge in [0.1, 0.15) is 0 Å². The average Bonchev–Trinajstić information content (AvgIpc) is 2.08. The molecule has 66 valence electrons. The Morgan fingerprint density at radius 3 is 2.18 bits per heavy atom. The number of rotatable bonds is 6. The summed E-state index contributed by atoms with van der Waals surface area (Å²) < 4.78 is 9.90. The van der Waals surface area contributed by atoms with E-state index in [1.807, 2.05) is 0 Å². The van der Waals surface area contributed by atoms with Gasteiger partial charge >= 0.3 is 0 Å². The molecule has 0 rings (SSSR count). The molecular weight excluding hydrogens is 144 g/mol. The number of unbranched alkanes of at least 4 members (excludes halogenated alkanes) is 1. The van der Waals surface area contributed by atoms with Gasteiger partial charge in [0.15, 0.2) is 6.29 Å². The Morgan fingerprint density at radius 2 is 1.91 bits per heavy atom. The van der Waals surface area contributed by atoms with Crippen LogP contribution in [0.1, 0.15) is 26.2 Å². The molecule has 0 atom stereocenters. The van der Waals surface area contributed by atoms with Gasteiger partial charge in [-0.1, -0.05) is 13.3 Å². The number of hydrogen-bond donors (Lipinski definition) is 0. The highest BCUT2D eigenvalue weighted by molar-refractivity contribution is 5.59. The van der Waals surface area contributed by atoms with Gasteiger partial charge in [0, 0.05) is 20.6 Å². The minimum Gasteiger partial charge on any atom is -0.347 e. The van der Waals surface area contributed by atoms with Crippen molar-refractivity contribution >= 4 is 6.29 Å². The van der Waals surface area contributed by atoms with Crippen LogP contribution in [-0.4, -0.2) is 26.3 Å². The molecule has 0 saturated heterocycles. The average molecular weight is 160 g/mol. The van der Waals surface area contributed by atoms with Gasteiger partial charge in [-0.05, 0) is 6.42 Å². The molecule has 0 aromatic heterocycles. The molecule has 3 nitrogen and oxygen atoms in total. The quantitative estimate of drug-likeness (QED) is 0.435. The van der Waals surface area contributed by atoms with E-state index in [2.05, 4.69) is 6.92 Å². The fraction of sp³-hybridized carbons (Fsp3) is 0.875. The Bertz CT molecular complexity index is 108. The molecule has 0 fully saturated rings. The van der Waals surface area contributed by atoms with Gasteiger partial charge < -0.3 is 9.47 Å². The lowest BCUT2D eigenvalue weighted by atomic mass is 10.1. The zero-order valence-corrected chi connectivity index (χ0v) is 7.42. The molecule has 0 aliphatic heterocycles. The highest BCUT2D eigenvalue weighted by atomic mass is 16.7. The molecule has 0 bridgehead atoms. The van der Waals surface area contributed by atoms with Crippen LogP contribution < -0.4 is 0 Å². The molecule has 0 saturated carbocycles. The zero-order chi connectivity index (χ0) is 8.74. The third-order valence-corrected chi connectivity index (χ3v) is 1.75. The van der Waals surface area contributed by atoms with Crippen LogP contribution in [0.2, 0.25) is 0 Å². The lowest BCUT2D eigenvalue weighted by Gasteiger charge is -2.23. The highest BCUT2D eigenvalue weighted by Crippen LogP contribution is 2.16. The maximum atomic E-state index is 10.5. The predicted octanol–water partition coefficient (Wildman–Crippen LogP) is 1.36. The molecule has 3 heteroatoms. The summed E-state index contributed by atoms with van der Waals surface area (Å²) in [5, 5.41) is 0. The van der Waals surface area contributed by atoms with Crippen molar-refractivity contribution in [3.8, 4) is 0 Å². The number of methoxy groups -OCH3 is 2. The largest absolute Gasteiger partial charge is 0.347 e. The molecule has 0 aliphatic rings. The summed E-state index contributed by atoms with van der Waals surface area (Å²) in [4.78, 5) is 10.5. The van der Waals surface area contributed by atoms with Gasteiger partial charge in [0.2, 0.25) is 5.79 Å². The Morgan fingerprint density at radius 1 is 1.36 bits per heavy atom. The summed E-state index contributed by atoms with van der Waals surface area (Å²) in [6.45, 7) is 2.06. The Labute approximate surface area is 67.7 Å². The first-order valence-corrected chi connectivity index (χ1v) is 3.81. The second-order valence-corrected chi connectivity index (χ2v) is 2.44.